The highest BCUT2D eigenvalue weighted by Crippen LogP contribution is 2.30. The van der Waals surface area contributed by atoms with E-state index in [9.17, 15) is 9.90 Å². The maximum atomic E-state index is 12.9. The van der Waals surface area contributed by atoms with Gasteiger partial charge in [-0.2, -0.15) is 0 Å². The van der Waals surface area contributed by atoms with Gasteiger partial charge >= 0.3 is 0 Å². The van der Waals surface area contributed by atoms with E-state index in [0.717, 1.165) is 53.9 Å². The zero-order chi connectivity index (χ0) is 26.1. The minimum absolute atomic E-state index is 0.0824. The van der Waals surface area contributed by atoms with Crippen molar-refractivity contribution in [2.75, 3.05) is 49.6 Å². The number of nitrogens with one attached hydrogen (secondary N) is 2. The number of hydrogen-bond acceptors (Lipinski definition) is 10. The van der Waals surface area contributed by atoms with Crippen molar-refractivity contribution in [3.05, 3.63) is 41.3 Å². The maximum Gasteiger partial charge on any atom is 0.242 e. The summed E-state index contributed by atoms with van der Waals surface area (Å²) in [6.45, 7) is 6.51. The summed E-state index contributed by atoms with van der Waals surface area (Å²) in [5.74, 6) is 1.99. The largest absolute Gasteiger partial charge is 0.387 e. The van der Waals surface area contributed by atoms with Crippen LogP contribution in [0.1, 0.15) is 49.2 Å². The van der Waals surface area contributed by atoms with Crippen LogP contribution in [0.3, 0.4) is 0 Å². The van der Waals surface area contributed by atoms with E-state index in [0.29, 0.717) is 56.7 Å². The van der Waals surface area contributed by atoms with Crippen molar-refractivity contribution in [3.63, 3.8) is 0 Å². The molecule has 38 heavy (non-hydrogen) atoms. The Morgan fingerprint density at radius 2 is 2.05 bits per heavy atom. The van der Waals surface area contributed by atoms with Crippen LogP contribution in [0.25, 0.3) is 10.9 Å². The summed E-state index contributed by atoms with van der Waals surface area (Å²) >= 11 is 0. The molecule has 2 saturated heterocycles. The van der Waals surface area contributed by atoms with Gasteiger partial charge in [-0.15, -0.1) is 0 Å². The maximum absolute atomic E-state index is 12.9. The number of fused-ring (bicyclic) bond motifs is 2. The lowest BCUT2D eigenvalue weighted by Gasteiger charge is -2.33. The van der Waals surface area contributed by atoms with Crippen LogP contribution < -0.4 is 15.5 Å². The van der Waals surface area contributed by atoms with E-state index in [1.54, 1.807) is 13.1 Å². The van der Waals surface area contributed by atoms with Gasteiger partial charge < -0.3 is 30.3 Å². The molecule has 200 valence electrons. The van der Waals surface area contributed by atoms with Crippen molar-refractivity contribution in [2.45, 2.75) is 51.3 Å². The van der Waals surface area contributed by atoms with Crippen molar-refractivity contribution in [1.82, 2.24) is 30.2 Å². The molecule has 0 spiro atoms. The molecule has 0 saturated carbocycles. The van der Waals surface area contributed by atoms with Crippen LogP contribution in [0, 0.1) is 0 Å². The fraction of sp³-hybridized carbons (Fsp3) is 0.519. The molecule has 0 radical (unpaired) electrons. The van der Waals surface area contributed by atoms with Crippen molar-refractivity contribution in [2.24, 2.45) is 0 Å². The Kier molecular flexibility index (Phi) is 7.05. The molecule has 0 aliphatic carbocycles. The normalized spacial score (nSPS) is 20.7. The molecule has 3 aliphatic heterocycles. The molecule has 3 aromatic rings. The zero-order valence-corrected chi connectivity index (χ0v) is 21.7. The number of piperidine rings is 1. The summed E-state index contributed by atoms with van der Waals surface area (Å²) in [5, 5.41) is 17.6. The number of aliphatic hydroxyl groups is 1. The predicted octanol–water partition coefficient (Wildman–Crippen LogP) is 2.08. The Morgan fingerprint density at radius 3 is 2.84 bits per heavy atom. The third-order valence-electron chi connectivity index (χ3n) is 7.47. The van der Waals surface area contributed by atoms with Crippen molar-refractivity contribution < 1.29 is 14.6 Å². The van der Waals surface area contributed by atoms with E-state index < -0.39 is 6.10 Å². The number of aliphatic hydroxyl groups excluding tert-OH is 1. The number of morpholine rings is 1. The standard InChI is InChI=1S/C27H34N8O3/c1-17(36)21-13-19-14-29-27(33-24(19)25(31-21)34-9-3-2-4-10-34)32-23-6-5-18-15-35(11-7-20(18)30-23)26(37)22-16-38-12-8-28-22/h5-6,13-14,17,22,28,36H,2-4,7-12,15-16H2,1H3,(H,29,30,32,33)/t17-,22?/m1/s1. The van der Waals surface area contributed by atoms with E-state index in [1.807, 2.05) is 23.1 Å². The van der Waals surface area contributed by atoms with E-state index in [-0.39, 0.29) is 11.9 Å². The average molecular weight is 519 g/mol. The number of hydrogen-bond donors (Lipinski definition) is 3. The molecule has 2 fully saturated rings. The Hall–Kier alpha value is -3.41. The molecular weight excluding hydrogens is 484 g/mol. The van der Waals surface area contributed by atoms with Gasteiger partial charge in [-0.3, -0.25) is 4.79 Å². The number of amides is 1. The number of carbonyl (C=O) groups is 1. The second kappa shape index (κ2) is 10.8. The highest BCUT2D eigenvalue weighted by Gasteiger charge is 2.29. The van der Waals surface area contributed by atoms with E-state index >= 15 is 0 Å². The summed E-state index contributed by atoms with van der Waals surface area (Å²) in [4.78, 5) is 36.0. The van der Waals surface area contributed by atoms with Crippen LogP contribution in [0.15, 0.2) is 24.4 Å². The first kappa shape index (κ1) is 24.9. The molecule has 3 aromatic heterocycles. The third kappa shape index (κ3) is 5.13. The number of anilines is 3. The van der Waals surface area contributed by atoms with Gasteiger partial charge in [0, 0.05) is 56.4 Å². The monoisotopic (exact) mass is 518 g/mol. The number of ether oxygens (including phenoxy) is 1. The van der Waals surface area contributed by atoms with E-state index in [4.69, 9.17) is 19.7 Å². The number of aromatic nitrogens is 4. The van der Waals surface area contributed by atoms with Gasteiger partial charge in [-0.1, -0.05) is 6.07 Å². The fourth-order valence-corrected chi connectivity index (χ4v) is 5.38. The highest BCUT2D eigenvalue weighted by atomic mass is 16.5. The molecule has 11 heteroatoms. The summed E-state index contributed by atoms with van der Waals surface area (Å²) in [7, 11) is 0. The second-order valence-electron chi connectivity index (χ2n) is 10.2. The van der Waals surface area contributed by atoms with Crippen molar-refractivity contribution >= 4 is 34.4 Å². The van der Waals surface area contributed by atoms with Crippen LogP contribution in [0.2, 0.25) is 0 Å². The average Bonchev–Trinajstić information content (AvgIpc) is 2.97. The molecule has 0 aromatic carbocycles. The molecule has 3 aliphatic rings. The van der Waals surface area contributed by atoms with Crippen LogP contribution in [0.5, 0.6) is 0 Å². The van der Waals surface area contributed by atoms with Gasteiger partial charge in [0.25, 0.3) is 0 Å². The fourth-order valence-electron chi connectivity index (χ4n) is 5.38. The smallest absolute Gasteiger partial charge is 0.242 e. The van der Waals surface area contributed by atoms with Crippen LogP contribution in [-0.4, -0.2) is 81.3 Å². The van der Waals surface area contributed by atoms with Gasteiger partial charge in [-0.05, 0) is 43.9 Å². The lowest BCUT2D eigenvalue weighted by atomic mass is 10.0. The van der Waals surface area contributed by atoms with Gasteiger partial charge in [0.2, 0.25) is 11.9 Å². The van der Waals surface area contributed by atoms with Crippen LogP contribution in [-0.2, 0) is 22.5 Å². The predicted molar refractivity (Wildman–Crippen MR) is 143 cm³/mol. The molecule has 1 amide bonds. The van der Waals surface area contributed by atoms with Gasteiger partial charge in [0.05, 0.1) is 25.0 Å². The molecule has 6 rings (SSSR count). The van der Waals surface area contributed by atoms with Gasteiger partial charge in [-0.25, -0.2) is 19.9 Å². The molecule has 1 unspecified atom stereocenters. The molecule has 2 atom stereocenters. The lowest BCUT2D eigenvalue weighted by molar-refractivity contribution is -0.137. The van der Waals surface area contributed by atoms with Crippen LogP contribution in [0.4, 0.5) is 17.6 Å². The van der Waals surface area contributed by atoms with Crippen molar-refractivity contribution in [3.8, 4) is 0 Å². The first-order valence-corrected chi connectivity index (χ1v) is 13.5. The first-order chi connectivity index (χ1) is 18.5. The Bertz CT molecular complexity index is 1320. The van der Waals surface area contributed by atoms with Gasteiger partial charge in [0.1, 0.15) is 17.4 Å². The van der Waals surface area contributed by atoms with E-state index in [2.05, 4.69) is 20.5 Å². The molecular formula is C27H34N8O3. The zero-order valence-electron chi connectivity index (χ0n) is 21.7. The summed E-state index contributed by atoms with van der Waals surface area (Å²) < 4.78 is 5.46. The molecule has 6 heterocycles. The molecule has 11 nitrogen and oxygen atoms in total. The number of carbonyl (C=O) groups excluding carboxylic acids is 1. The molecule has 3 N–H and O–H groups in total. The highest BCUT2D eigenvalue weighted by molar-refractivity contribution is 5.89. The topological polar surface area (TPSA) is 129 Å². The Morgan fingerprint density at radius 1 is 1.18 bits per heavy atom. The number of pyridine rings is 2. The SMILES string of the molecule is C[C@@H](O)c1cc2cnc(Nc3ccc4c(n3)CCN(C(=O)C3COCCN3)C4)nc2c(N2CCCCC2)n1. The minimum Gasteiger partial charge on any atom is -0.387 e. The Balaban J connectivity index is 1.22. The number of rotatable bonds is 5. The Labute approximate surface area is 221 Å². The minimum atomic E-state index is -0.668. The van der Waals surface area contributed by atoms with Crippen LogP contribution >= 0.6 is 0 Å². The second-order valence-corrected chi connectivity index (χ2v) is 10.2. The summed E-state index contributed by atoms with van der Waals surface area (Å²) in [6, 6.07) is 5.51. The number of nitrogens with zero attached hydrogens (tertiary/aromatic N) is 6. The van der Waals surface area contributed by atoms with Gasteiger partial charge in [0.15, 0.2) is 5.82 Å². The molecule has 0 bridgehead atoms. The lowest BCUT2D eigenvalue weighted by Crippen LogP contribution is -2.53. The third-order valence-corrected chi connectivity index (χ3v) is 7.47. The van der Waals surface area contributed by atoms with E-state index in [1.165, 1.54) is 6.42 Å². The first-order valence-electron chi connectivity index (χ1n) is 13.5. The summed E-state index contributed by atoms with van der Waals surface area (Å²) in [5.41, 5.74) is 3.41. The van der Waals surface area contributed by atoms with Crippen molar-refractivity contribution in [1.29, 1.82) is 0 Å². The summed E-state index contributed by atoms with van der Waals surface area (Å²) in [6.07, 6.45) is 5.24. The quantitative estimate of drug-likeness (QED) is 0.462.